The summed E-state index contributed by atoms with van der Waals surface area (Å²) < 4.78 is 52.1. The normalized spacial score (nSPS) is 12.7. The van der Waals surface area contributed by atoms with Crippen molar-refractivity contribution in [3.63, 3.8) is 0 Å². The zero-order valence-electron chi connectivity index (χ0n) is 10.0. The number of halogens is 3. The highest BCUT2D eigenvalue weighted by atomic mass is 35.5. The Morgan fingerprint density at radius 2 is 1.94 bits per heavy atom. The Hall–Kier alpha value is -0.720. The van der Waals surface area contributed by atoms with E-state index in [0.29, 0.717) is 6.07 Å². The monoisotopic (exact) mass is 297 g/mol. The van der Waals surface area contributed by atoms with Gasteiger partial charge in [0, 0.05) is 12.4 Å². The van der Waals surface area contributed by atoms with Gasteiger partial charge < -0.3 is 0 Å². The molecule has 0 aliphatic carbocycles. The van der Waals surface area contributed by atoms with E-state index in [1.54, 1.807) is 13.8 Å². The molecule has 0 saturated carbocycles. The SMILES string of the molecule is CC(C)(CCl)CNS(=O)(=O)c1cc(F)ccc1F. The maximum atomic E-state index is 13.4. The molecule has 1 aromatic rings. The number of hydrogen-bond acceptors (Lipinski definition) is 2. The minimum atomic E-state index is -4.08. The van der Waals surface area contributed by atoms with E-state index in [1.807, 2.05) is 0 Å². The lowest BCUT2D eigenvalue weighted by molar-refractivity contribution is 0.413. The fraction of sp³-hybridized carbons (Fsp3) is 0.455. The lowest BCUT2D eigenvalue weighted by Crippen LogP contribution is -2.35. The van der Waals surface area contributed by atoms with Crippen LogP contribution >= 0.6 is 11.6 Å². The first-order valence-electron chi connectivity index (χ1n) is 5.19. The van der Waals surface area contributed by atoms with E-state index >= 15 is 0 Å². The molecule has 0 fully saturated rings. The zero-order chi connectivity index (χ0) is 14.0. The van der Waals surface area contributed by atoms with Gasteiger partial charge in [0.05, 0.1) is 0 Å². The quantitative estimate of drug-likeness (QED) is 0.849. The molecule has 0 radical (unpaired) electrons. The molecule has 0 amide bonds. The molecule has 0 bridgehead atoms. The summed E-state index contributed by atoms with van der Waals surface area (Å²) in [5.41, 5.74) is -0.474. The van der Waals surface area contributed by atoms with E-state index in [1.165, 1.54) is 0 Å². The summed E-state index contributed by atoms with van der Waals surface area (Å²) in [4.78, 5) is -0.701. The highest BCUT2D eigenvalue weighted by Gasteiger charge is 2.24. The molecular formula is C11H14ClF2NO2S. The van der Waals surface area contributed by atoms with Crippen LogP contribution in [0.1, 0.15) is 13.8 Å². The standard InChI is InChI=1S/C11H14ClF2NO2S/c1-11(2,6-12)7-15-18(16,17)10-5-8(13)3-4-9(10)14/h3-5,15H,6-7H2,1-2H3. The van der Waals surface area contributed by atoms with Crippen LogP contribution in [0.25, 0.3) is 0 Å². The van der Waals surface area contributed by atoms with Crippen LogP contribution in [0.2, 0.25) is 0 Å². The van der Waals surface area contributed by atoms with E-state index in [-0.39, 0.29) is 12.4 Å². The van der Waals surface area contributed by atoms with Crippen molar-refractivity contribution in [2.75, 3.05) is 12.4 Å². The van der Waals surface area contributed by atoms with Crippen molar-refractivity contribution in [1.82, 2.24) is 4.72 Å². The molecule has 0 unspecified atom stereocenters. The maximum absolute atomic E-state index is 13.4. The summed E-state index contributed by atoms with van der Waals surface area (Å²) in [7, 11) is -4.08. The number of sulfonamides is 1. The summed E-state index contributed by atoms with van der Waals surface area (Å²) in [6.45, 7) is 3.55. The topological polar surface area (TPSA) is 46.2 Å². The molecule has 0 aliphatic rings. The summed E-state index contributed by atoms with van der Waals surface area (Å²) in [6, 6.07) is 2.28. The maximum Gasteiger partial charge on any atom is 0.243 e. The third-order valence-electron chi connectivity index (χ3n) is 2.29. The van der Waals surface area contributed by atoms with Crippen molar-refractivity contribution in [3.05, 3.63) is 29.8 Å². The van der Waals surface area contributed by atoms with Crippen molar-refractivity contribution in [1.29, 1.82) is 0 Å². The van der Waals surface area contributed by atoms with Crippen molar-refractivity contribution in [3.8, 4) is 0 Å². The second kappa shape index (κ2) is 5.50. The average molecular weight is 298 g/mol. The number of alkyl halides is 1. The molecule has 1 aromatic carbocycles. The Balaban J connectivity index is 2.97. The zero-order valence-corrected chi connectivity index (χ0v) is 11.6. The van der Waals surface area contributed by atoms with E-state index in [4.69, 9.17) is 11.6 Å². The van der Waals surface area contributed by atoms with Crippen molar-refractivity contribution in [2.45, 2.75) is 18.7 Å². The molecule has 0 aliphatic heterocycles. The summed E-state index contributed by atoms with van der Waals surface area (Å²) in [5.74, 6) is -1.57. The van der Waals surface area contributed by atoms with Gasteiger partial charge in [-0.3, -0.25) is 0 Å². The Bertz CT molecular complexity index is 532. The first-order valence-corrected chi connectivity index (χ1v) is 7.20. The van der Waals surface area contributed by atoms with Gasteiger partial charge in [0.25, 0.3) is 0 Å². The van der Waals surface area contributed by atoms with Crippen LogP contribution in [0.4, 0.5) is 8.78 Å². The predicted octanol–water partition coefficient (Wildman–Crippen LogP) is 2.51. The number of rotatable bonds is 5. The van der Waals surface area contributed by atoms with Gasteiger partial charge in [-0.2, -0.15) is 0 Å². The molecule has 18 heavy (non-hydrogen) atoms. The highest BCUT2D eigenvalue weighted by molar-refractivity contribution is 7.89. The lowest BCUT2D eigenvalue weighted by Gasteiger charge is -2.21. The van der Waals surface area contributed by atoms with E-state index < -0.39 is 32.0 Å². The molecule has 7 heteroatoms. The smallest absolute Gasteiger partial charge is 0.210 e. The van der Waals surface area contributed by atoms with Gasteiger partial charge in [-0.05, 0) is 23.6 Å². The van der Waals surface area contributed by atoms with E-state index in [9.17, 15) is 17.2 Å². The van der Waals surface area contributed by atoms with Crippen LogP contribution in [0.5, 0.6) is 0 Å². The molecule has 102 valence electrons. The Morgan fingerprint density at radius 1 is 1.33 bits per heavy atom. The molecule has 0 atom stereocenters. The lowest BCUT2D eigenvalue weighted by atomic mass is 9.97. The van der Waals surface area contributed by atoms with Crippen molar-refractivity contribution in [2.24, 2.45) is 5.41 Å². The molecule has 0 saturated heterocycles. The second-order valence-corrected chi connectivity index (χ2v) is 6.70. The van der Waals surface area contributed by atoms with Crippen LogP contribution in [-0.4, -0.2) is 20.8 Å². The minimum Gasteiger partial charge on any atom is -0.210 e. The fourth-order valence-corrected chi connectivity index (χ4v) is 2.52. The van der Waals surface area contributed by atoms with Gasteiger partial charge in [0.1, 0.15) is 16.5 Å². The molecule has 1 rings (SSSR count). The second-order valence-electron chi connectivity index (χ2n) is 4.70. The fourth-order valence-electron chi connectivity index (χ4n) is 1.10. The molecule has 0 spiro atoms. The number of nitrogens with one attached hydrogen (secondary N) is 1. The van der Waals surface area contributed by atoms with Gasteiger partial charge in [-0.25, -0.2) is 21.9 Å². The average Bonchev–Trinajstić information content (AvgIpc) is 2.30. The summed E-state index contributed by atoms with van der Waals surface area (Å²) >= 11 is 5.66. The first kappa shape index (κ1) is 15.3. The first-order chi connectivity index (χ1) is 8.18. The molecule has 1 N–H and O–H groups in total. The van der Waals surface area contributed by atoms with Crippen molar-refractivity contribution < 1.29 is 17.2 Å². The van der Waals surface area contributed by atoms with Crippen molar-refractivity contribution >= 4 is 21.6 Å². The summed E-state index contributed by atoms with van der Waals surface area (Å²) in [6.07, 6.45) is 0. The Morgan fingerprint density at radius 3 is 2.50 bits per heavy atom. The Labute approximate surface area is 110 Å². The third kappa shape index (κ3) is 3.90. The van der Waals surface area contributed by atoms with Crippen LogP contribution in [0.15, 0.2) is 23.1 Å². The highest BCUT2D eigenvalue weighted by Crippen LogP contribution is 2.19. The van der Waals surface area contributed by atoms with E-state index in [0.717, 1.165) is 12.1 Å². The number of benzene rings is 1. The van der Waals surface area contributed by atoms with Crippen LogP contribution < -0.4 is 4.72 Å². The van der Waals surface area contributed by atoms with Crippen LogP contribution in [0, 0.1) is 17.0 Å². The summed E-state index contributed by atoms with van der Waals surface area (Å²) in [5, 5.41) is 0. The van der Waals surface area contributed by atoms with Crippen LogP contribution in [-0.2, 0) is 10.0 Å². The predicted molar refractivity (Wildman–Crippen MR) is 66.0 cm³/mol. The van der Waals surface area contributed by atoms with Crippen LogP contribution in [0.3, 0.4) is 0 Å². The molecule has 3 nitrogen and oxygen atoms in total. The van der Waals surface area contributed by atoms with Gasteiger partial charge in [0.2, 0.25) is 10.0 Å². The molecule has 0 aromatic heterocycles. The third-order valence-corrected chi connectivity index (χ3v) is 4.43. The largest absolute Gasteiger partial charge is 0.243 e. The van der Waals surface area contributed by atoms with Gasteiger partial charge in [0.15, 0.2) is 0 Å². The minimum absolute atomic E-state index is 0.0365. The Kier molecular flexibility index (Phi) is 4.69. The van der Waals surface area contributed by atoms with Gasteiger partial charge >= 0.3 is 0 Å². The molecule has 0 heterocycles. The van der Waals surface area contributed by atoms with Gasteiger partial charge in [-0.15, -0.1) is 11.6 Å². The van der Waals surface area contributed by atoms with Gasteiger partial charge in [-0.1, -0.05) is 13.8 Å². The molecular weight excluding hydrogens is 284 g/mol. The van der Waals surface area contributed by atoms with E-state index in [2.05, 4.69) is 4.72 Å². The number of hydrogen-bond donors (Lipinski definition) is 1.